The molecule has 0 saturated carbocycles. The molecule has 0 aliphatic carbocycles. The highest BCUT2D eigenvalue weighted by molar-refractivity contribution is 7.89. The molecule has 0 aliphatic heterocycles. The Morgan fingerprint density at radius 3 is 2.12 bits per heavy atom. The number of amides is 1. The van der Waals surface area contributed by atoms with Gasteiger partial charge in [-0.3, -0.25) is 4.79 Å². The second-order valence-electron chi connectivity index (χ2n) is 5.26. The van der Waals surface area contributed by atoms with Crippen LogP contribution in [0.3, 0.4) is 0 Å². The Bertz CT molecular complexity index is 925. The average molecular weight is 417 g/mol. The maximum atomic E-state index is 12.1. The maximum absolute atomic E-state index is 12.1. The van der Waals surface area contributed by atoms with Crippen LogP contribution in [0.4, 0.5) is 5.69 Å². The lowest BCUT2D eigenvalue weighted by molar-refractivity contribution is -0.123. The molecule has 138 valence electrons. The first kappa shape index (κ1) is 20.2. The topological polar surface area (TPSA) is 116 Å². The zero-order valence-electron chi connectivity index (χ0n) is 13.4. The molecule has 0 saturated heterocycles. The number of nitrogens with one attached hydrogen (secondary N) is 1. The summed E-state index contributed by atoms with van der Waals surface area (Å²) in [7, 11) is -3.82. The van der Waals surface area contributed by atoms with Crippen molar-refractivity contribution in [1.29, 1.82) is 0 Å². The largest absolute Gasteiger partial charge is 0.449 e. The molecule has 0 heterocycles. The van der Waals surface area contributed by atoms with Gasteiger partial charge in [0, 0.05) is 15.7 Å². The van der Waals surface area contributed by atoms with Crippen molar-refractivity contribution in [3.8, 4) is 0 Å². The minimum atomic E-state index is -3.82. The van der Waals surface area contributed by atoms with Crippen LogP contribution in [0.1, 0.15) is 17.3 Å². The number of hydrogen-bond acceptors (Lipinski definition) is 5. The van der Waals surface area contributed by atoms with Gasteiger partial charge in [0.15, 0.2) is 6.10 Å². The average Bonchev–Trinajstić information content (AvgIpc) is 2.53. The monoisotopic (exact) mass is 416 g/mol. The molecule has 0 bridgehead atoms. The molecule has 0 aromatic heterocycles. The first-order chi connectivity index (χ1) is 12.1. The molecule has 7 nitrogen and oxygen atoms in total. The molecule has 10 heteroatoms. The lowest BCUT2D eigenvalue weighted by atomic mass is 10.2. The fourth-order valence-corrected chi connectivity index (χ4v) is 2.97. The summed E-state index contributed by atoms with van der Waals surface area (Å²) >= 11 is 11.6. The lowest BCUT2D eigenvalue weighted by Gasteiger charge is -2.14. The molecule has 0 radical (unpaired) electrons. The summed E-state index contributed by atoms with van der Waals surface area (Å²) in [6.45, 7) is 1.39. The van der Waals surface area contributed by atoms with Crippen molar-refractivity contribution >= 4 is 50.8 Å². The number of halogens is 2. The number of nitrogens with two attached hydrogens (primary N) is 1. The highest BCUT2D eigenvalue weighted by atomic mass is 35.5. The molecular weight excluding hydrogens is 403 g/mol. The molecule has 0 aliphatic rings. The molecular formula is C16H14Cl2N2O5S. The predicted molar refractivity (Wildman–Crippen MR) is 97.8 cm³/mol. The number of hydrogen-bond donors (Lipinski definition) is 2. The highest BCUT2D eigenvalue weighted by Gasteiger charge is 2.20. The molecule has 0 fully saturated rings. The van der Waals surface area contributed by atoms with Gasteiger partial charge in [-0.2, -0.15) is 0 Å². The second kappa shape index (κ2) is 8.05. The van der Waals surface area contributed by atoms with Crippen LogP contribution in [-0.2, 0) is 19.6 Å². The van der Waals surface area contributed by atoms with Crippen LogP contribution >= 0.6 is 23.2 Å². The number of carbonyl (C=O) groups excluding carboxylic acids is 2. The quantitative estimate of drug-likeness (QED) is 0.726. The number of benzene rings is 2. The van der Waals surface area contributed by atoms with Crippen LogP contribution in [0.15, 0.2) is 47.4 Å². The van der Waals surface area contributed by atoms with Gasteiger partial charge >= 0.3 is 5.97 Å². The van der Waals surface area contributed by atoms with E-state index in [1.165, 1.54) is 49.4 Å². The Morgan fingerprint density at radius 1 is 1.08 bits per heavy atom. The summed E-state index contributed by atoms with van der Waals surface area (Å²) in [6, 6.07) is 9.41. The minimum absolute atomic E-state index is 0.0900. The van der Waals surface area contributed by atoms with Crippen LogP contribution in [0.25, 0.3) is 0 Å². The standard InChI is InChI=1S/C16H14Cl2N2O5S/c1-9(25-16(22)10-6-11(17)8-12(18)7-10)15(21)20-13-2-4-14(5-3-13)26(19,23)24/h2-9H,1H3,(H,20,21)(H2,19,23,24). The Balaban J connectivity index is 2.02. The molecule has 2 aromatic rings. The summed E-state index contributed by atoms with van der Waals surface area (Å²) in [5.41, 5.74) is 0.427. The molecule has 26 heavy (non-hydrogen) atoms. The van der Waals surface area contributed by atoms with Gasteiger partial charge in [0.2, 0.25) is 10.0 Å². The molecule has 3 N–H and O–H groups in total. The van der Waals surface area contributed by atoms with Gasteiger partial charge in [-0.25, -0.2) is 18.4 Å². The highest BCUT2D eigenvalue weighted by Crippen LogP contribution is 2.20. The van der Waals surface area contributed by atoms with Crippen molar-refractivity contribution in [1.82, 2.24) is 0 Å². The van der Waals surface area contributed by atoms with E-state index in [1.54, 1.807) is 0 Å². The van der Waals surface area contributed by atoms with E-state index in [9.17, 15) is 18.0 Å². The van der Waals surface area contributed by atoms with Crippen molar-refractivity contribution in [2.75, 3.05) is 5.32 Å². The molecule has 2 rings (SSSR count). The fourth-order valence-electron chi connectivity index (χ4n) is 1.93. The Hall–Kier alpha value is -2.13. The van der Waals surface area contributed by atoms with E-state index in [1.807, 2.05) is 0 Å². The number of carbonyl (C=O) groups is 2. The lowest BCUT2D eigenvalue weighted by Crippen LogP contribution is -2.30. The number of primary sulfonamides is 1. The van der Waals surface area contributed by atoms with Crippen molar-refractivity contribution in [3.63, 3.8) is 0 Å². The van der Waals surface area contributed by atoms with Gasteiger partial charge < -0.3 is 10.1 Å². The van der Waals surface area contributed by atoms with Crippen LogP contribution in [0, 0.1) is 0 Å². The summed E-state index contributed by atoms with van der Waals surface area (Å²) in [5.74, 6) is -1.36. The van der Waals surface area contributed by atoms with E-state index < -0.39 is 28.0 Å². The van der Waals surface area contributed by atoms with Gasteiger partial charge in [0.25, 0.3) is 5.91 Å². The van der Waals surface area contributed by atoms with E-state index in [0.717, 1.165) is 0 Å². The van der Waals surface area contributed by atoms with E-state index in [0.29, 0.717) is 5.69 Å². The molecule has 0 spiro atoms. The summed E-state index contributed by atoms with van der Waals surface area (Å²) < 4.78 is 27.5. The zero-order chi connectivity index (χ0) is 19.5. The van der Waals surface area contributed by atoms with Crippen molar-refractivity contribution in [2.24, 2.45) is 5.14 Å². The second-order valence-corrected chi connectivity index (χ2v) is 7.70. The zero-order valence-corrected chi connectivity index (χ0v) is 15.7. The summed E-state index contributed by atoms with van der Waals surface area (Å²) in [6.07, 6.45) is -1.11. The van der Waals surface area contributed by atoms with Gasteiger partial charge in [-0.15, -0.1) is 0 Å². The molecule has 1 unspecified atom stereocenters. The Labute approximate surface area is 160 Å². The summed E-state index contributed by atoms with van der Waals surface area (Å²) in [4.78, 5) is 24.1. The first-order valence-corrected chi connectivity index (χ1v) is 9.47. The summed E-state index contributed by atoms with van der Waals surface area (Å²) in [5, 5.41) is 8.01. The normalized spacial score (nSPS) is 12.3. The van der Waals surface area contributed by atoms with E-state index in [-0.39, 0.29) is 20.5 Å². The maximum Gasteiger partial charge on any atom is 0.339 e. The van der Waals surface area contributed by atoms with Crippen LogP contribution in [0.2, 0.25) is 10.0 Å². The number of anilines is 1. The number of sulfonamides is 1. The number of rotatable bonds is 5. The molecule has 2 aromatic carbocycles. The van der Waals surface area contributed by atoms with E-state index in [4.69, 9.17) is 33.1 Å². The van der Waals surface area contributed by atoms with Gasteiger partial charge in [-0.1, -0.05) is 23.2 Å². The Kier molecular flexibility index (Phi) is 6.25. The van der Waals surface area contributed by atoms with Crippen molar-refractivity contribution in [3.05, 3.63) is 58.1 Å². The fraction of sp³-hybridized carbons (Fsp3) is 0.125. The van der Waals surface area contributed by atoms with Crippen LogP contribution in [-0.4, -0.2) is 26.4 Å². The molecule has 1 atom stereocenters. The first-order valence-electron chi connectivity index (χ1n) is 7.17. The van der Waals surface area contributed by atoms with Crippen molar-refractivity contribution in [2.45, 2.75) is 17.9 Å². The van der Waals surface area contributed by atoms with Gasteiger partial charge in [0.05, 0.1) is 10.5 Å². The third kappa shape index (κ3) is 5.43. The molecule has 1 amide bonds. The SMILES string of the molecule is CC(OC(=O)c1cc(Cl)cc(Cl)c1)C(=O)Nc1ccc(S(N)(=O)=O)cc1. The predicted octanol–water partition coefficient (Wildman–Crippen LogP) is 2.82. The smallest absolute Gasteiger partial charge is 0.339 e. The number of esters is 1. The van der Waals surface area contributed by atoms with E-state index in [2.05, 4.69) is 5.32 Å². The third-order valence-corrected chi connectivity index (χ3v) is 4.57. The van der Waals surface area contributed by atoms with Crippen molar-refractivity contribution < 1.29 is 22.7 Å². The minimum Gasteiger partial charge on any atom is -0.449 e. The van der Waals surface area contributed by atoms with Gasteiger partial charge in [0.1, 0.15) is 0 Å². The van der Waals surface area contributed by atoms with Crippen LogP contribution < -0.4 is 10.5 Å². The Morgan fingerprint density at radius 2 is 1.62 bits per heavy atom. The number of ether oxygens (including phenoxy) is 1. The van der Waals surface area contributed by atoms with Gasteiger partial charge in [-0.05, 0) is 49.4 Å². The van der Waals surface area contributed by atoms with Crippen LogP contribution in [0.5, 0.6) is 0 Å². The third-order valence-electron chi connectivity index (χ3n) is 3.20. The van der Waals surface area contributed by atoms with E-state index >= 15 is 0 Å².